The van der Waals surface area contributed by atoms with Gasteiger partial charge in [-0.3, -0.25) is 4.79 Å². The van der Waals surface area contributed by atoms with Crippen molar-refractivity contribution in [2.45, 2.75) is 5.75 Å². The zero-order chi connectivity index (χ0) is 16.1. The van der Waals surface area contributed by atoms with E-state index in [-0.39, 0.29) is 17.5 Å². The maximum atomic E-state index is 13.6. The molecular formula is C15H11Cl3FNOS. The molecule has 0 atom stereocenters. The van der Waals surface area contributed by atoms with Crippen molar-refractivity contribution in [3.05, 3.63) is 62.8 Å². The number of hydrogen-bond donors (Lipinski definition) is 1. The molecule has 1 N–H and O–H groups in total. The first-order valence-electron chi connectivity index (χ1n) is 6.21. The Balaban J connectivity index is 1.85. The highest BCUT2D eigenvalue weighted by molar-refractivity contribution is 7.99. The normalized spacial score (nSPS) is 10.5. The zero-order valence-corrected chi connectivity index (χ0v) is 14.3. The van der Waals surface area contributed by atoms with Crippen molar-refractivity contribution >= 4 is 58.2 Å². The van der Waals surface area contributed by atoms with E-state index >= 15 is 0 Å². The number of thioether (sulfide) groups is 1. The number of rotatable bonds is 5. The van der Waals surface area contributed by atoms with Crippen LogP contribution in [0.5, 0.6) is 0 Å². The molecule has 0 aliphatic heterocycles. The van der Waals surface area contributed by atoms with Gasteiger partial charge in [-0.25, -0.2) is 4.39 Å². The smallest absolute Gasteiger partial charge is 0.234 e. The summed E-state index contributed by atoms with van der Waals surface area (Å²) in [4.78, 5) is 11.8. The van der Waals surface area contributed by atoms with E-state index in [1.54, 1.807) is 30.3 Å². The average Bonchev–Trinajstić information content (AvgIpc) is 2.40. The maximum Gasteiger partial charge on any atom is 0.234 e. The van der Waals surface area contributed by atoms with Crippen molar-refractivity contribution in [2.24, 2.45) is 0 Å². The van der Waals surface area contributed by atoms with Gasteiger partial charge in [-0.15, -0.1) is 11.8 Å². The molecule has 0 spiro atoms. The highest BCUT2D eigenvalue weighted by Crippen LogP contribution is 2.23. The minimum Gasteiger partial charge on any atom is -0.325 e. The average molecular weight is 379 g/mol. The summed E-state index contributed by atoms with van der Waals surface area (Å²) in [5.41, 5.74) is 1.04. The number of hydrogen-bond acceptors (Lipinski definition) is 2. The molecule has 2 aromatic rings. The second-order valence-electron chi connectivity index (χ2n) is 4.43. The van der Waals surface area contributed by atoms with Crippen LogP contribution in [0.2, 0.25) is 15.1 Å². The van der Waals surface area contributed by atoms with Crippen LogP contribution in [0.15, 0.2) is 36.4 Å². The molecule has 0 aliphatic rings. The molecule has 0 heterocycles. The second-order valence-corrected chi connectivity index (χ2v) is 6.73. The number of benzene rings is 2. The van der Waals surface area contributed by atoms with Gasteiger partial charge in [-0.2, -0.15) is 0 Å². The summed E-state index contributed by atoms with van der Waals surface area (Å²) in [6.45, 7) is 0. The van der Waals surface area contributed by atoms with Gasteiger partial charge in [0.25, 0.3) is 0 Å². The molecular weight excluding hydrogens is 368 g/mol. The number of anilines is 1. The van der Waals surface area contributed by atoms with E-state index in [1.807, 2.05) is 0 Å². The predicted octanol–water partition coefficient (Wildman–Crippen LogP) is 5.66. The summed E-state index contributed by atoms with van der Waals surface area (Å²) in [7, 11) is 0. The third-order valence-corrected chi connectivity index (χ3v) is 4.31. The second kappa shape index (κ2) is 8.06. The summed E-state index contributed by atoms with van der Waals surface area (Å²) < 4.78 is 13.6. The summed E-state index contributed by atoms with van der Waals surface area (Å²) in [6.07, 6.45) is 0. The van der Waals surface area contributed by atoms with Gasteiger partial charge < -0.3 is 5.32 Å². The van der Waals surface area contributed by atoms with Gasteiger partial charge in [0.1, 0.15) is 5.82 Å². The van der Waals surface area contributed by atoms with Crippen molar-refractivity contribution in [1.29, 1.82) is 0 Å². The molecule has 2 rings (SSSR count). The number of amides is 1. The number of nitrogens with one attached hydrogen (secondary N) is 1. The molecule has 0 unspecified atom stereocenters. The Hall–Kier alpha value is -0.940. The molecule has 1 amide bonds. The van der Waals surface area contributed by atoms with E-state index in [1.165, 1.54) is 17.8 Å². The molecule has 0 fully saturated rings. The van der Waals surface area contributed by atoms with Gasteiger partial charge in [-0.05, 0) is 35.9 Å². The molecule has 0 aliphatic carbocycles. The van der Waals surface area contributed by atoms with Crippen molar-refractivity contribution in [2.75, 3.05) is 11.1 Å². The number of carbonyl (C=O) groups excluding carboxylic acids is 1. The lowest BCUT2D eigenvalue weighted by molar-refractivity contribution is -0.113. The van der Waals surface area contributed by atoms with Crippen molar-refractivity contribution in [3.8, 4) is 0 Å². The van der Waals surface area contributed by atoms with Gasteiger partial charge in [-0.1, -0.05) is 40.9 Å². The van der Waals surface area contributed by atoms with Crippen molar-refractivity contribution in [3.63, 3.8) is 0 Å². The first-order valence-corrected chi connectivity index (χ1v) is 8.50. The monoisotopic (exact) mass is 377 g/mol. The van der Waals surface area contributed by atoms with E-state index in [9.17, 15) is 9.18 Å². The highest BCUT2D eigenvalue weighted by atomic mass is 35.5. The Morgan fingerprint density at radius 2 is 1.73 bits per heavy atom. The lowest BCUT2D eigenvalue weighted by Crippen LogP contribution is -2.14. The molecule has 2 aromatic carbocycles. The van der Waals surface area contributed by atoms with Crippen LogP contribution in [-0.4, -0.2) is 11.7 Å². The Morgan fingerprint density at radius 3 is 2.36 bits per heavy atom. The highest BCUT2D eigenvalue weighted by Gasteiger charge is 2.07. The van der Waals surface area contributed by atoms with Crippen molar-refractivity contribution < 1.29 is 9.18 Å². The summed E-state index contributed by atoms with van der Waals surface area (Å²) >= 11 is 18.7. The molecule has 0 radical (unpaired) electrons. The van der Waals surface area contributed by atoms with Crippen LogP contribution >= 0.6 is 46.6 Å². The Bertz CT molecular complexity index is 676. The van der Waals surface area contributed by atoms with Gasteiger partial charge in [0.2, 0.25) is 5.91 Å². The number of carbonyl (C=O) groups is 1. The fraction of sp³-hybridized carbons (Fsp3) is 0.133. The summed E-state index contributed by atoms with van der Waals surface area (Å²) in [6, 6.07) is 9.28. The molecule has 2 nitrogen and oxygen atoms in total. The summed E-state index contributed by atoms with van der Waals surface area (Å²) in [5, 5.41) is 3.93. The molecule has 7 heteroatoms. The molecule has 0 bridgehead atoms. The third kappa shape index (κ3) is 5.36. The minimum absolute atomic E-state index is 0.187. The Labute approximate surface area is 146 Å². The Kier molecular flexibility index (Phi) is 6.38. The van der Waals surface area contributed by atoms with Crippen LogP contribution in [0.1, 0.15) is 5.56 Å². The van der Waals surface area contributed by atoms with E-state index < -0.39 is 0 Å². The van der Waals surface area contributed by atoms with Crippen molar-refractivity contribution in [1.82, 2.24) is 0 Å². The standard InChI is InChI=1S/C15H11Cl3FNOS/c16-10-2-1-9(14(19)6-10)7-22-8-15(21)20-13-4-11(17)3-12(18)5-13/h1-6H,7-8H2,(H,20,21). The molecule has 0 saturated carbocycles. The fourth-order valence-corrected chi connectivity index (χ4v) is 3.21. The largest absolute Gasteiger partial charge is 0.325 e. The predicted molar refractivity (Wildman–Crippen MR) is 92.7 cm³/mol. The van der Waals surface area contributed by atoms with Gasteiger partial charge >= 0.3 is 0 Å². The first kappa shape index (κ1) is 17.4. The van der Waals surface area contributed by atoms with E-state index in [2.05, 4.69) is 5.32 Å². The molecule has 0 saturated heterocycles. The lowest BCUT2D eigenvalue weighted by atomic mass is 10.2. The van der Waals surface area contributed by atoms with Crippen LogP contribution in [0.25, 0.3) is 0 Å². The van der Waals surface area contributed by atoms with Gasteiger partial charge in [0, 0.05) is 26.5 Å². The molecule has 0 aromatic heterocycles. The quantitative estimate of drug-likeness (QED) is 0.727. The van der Waals surface area contributed by atoms with Crippen LogP contribution < -0.4 is 5.32 Å². The zero-order valence-electron chi connectivity index (χ0n) is 11.2. The summed E-state index contributed by atoms with van der Waals surface area (Å²) in [5.74, 6) is -0.0152. The van der Waals surface area contributed by atoms with E-state index in [4.69, 9.17) is 34.8 Å². The minimum atomic E-state index is -0.373. The van der Waals surface area contributed by atoms with Crippen LogP contribution in [-0.2, 0) is 10.5 Å². The Morgan fingerprint density at radius 1 is 1.05 bits per heavy atom. The van der Waals surface area contributed by atoms with E-state index in [0.29, 0.717) is 32.1 Å². The molecule has 116 valence electrons. The third-order valence-electron chi connectivity index (χ3n) is 2.65. The SMILES string of the molecule is O=C(CSCc1ccc(Cl)cc1F)Nc1cc(Cl)cc(Cl)c1. The maximum absolute atomic E-state index is 13.6. The number of halogens is 4. The molecule has 22 heavy (non-hydrogen) atoms. The first-order chi connectivity index (χ1) is 10.4. The van der Waals surface area contributed by atoms with Gasteiger partial charge in [0.05, 0.1) is 5.75 Å². The lowest BCUT2D eigenvalue weighted by Gasteiger charge is -2.07. The fourth-order valence-electron chi connectivity index (χ4n) is 1.72. The topological polar surface area (TPSA) is 29.1 Å². The van der Waals surface area contributed by atoms with Crippen LogP contribution in [0.3, 0.4) is 0 Å². The van der Waals surface area contributed by atoms with Crippen LogP contribution in [0.4, 0.5) is 10.1 Å². The van der Waals surface area contributed by atoms with Crippen LogP contribution in [0, 0.1) is 5.82 Å². The van der Waals surface area contributed by atoms with E-state index in [0.717, 1.165) is 0 Å². The van der Waals surface area contributed by atoms with Gasteiger partial charge in [0.15, 0.2) is 0 Å².